The van der Waals surface area contributed by atoms with Crippen LogP contribution in [0.4, 0.5) is 10.1 Å². The molecule has 0 radical (unpaired) electrons. The number of piperidine rings is 2. The summed E-state index contributed by atoms with van der Waals surface area (Å²) in [6.07, 6.45) is 2.10. The van der Waals surface area contributed by atoms with Gasteiger partial charge in [0, 0.05) is 18.2 Å². The first-order valence-corrected chi connectivity index (χ1v) is 5.31. The normalized spacial score (nSPS) is 28.9. The number of fused-ring (bicyclic) bond motifs is 2. The van der Waals surface area contributed by atoms with Crippen LogP contribution >= 0.6 is 0 Å². The summed E-state index contributed by atoms with van der Waals surface area (Å²) < 4.78 is 12.7. The number of amides is 1. The fourth-order valence-electron chi connectivity index (χ4n) is 2.51. The van der Waals surface area contributed by atoms with Crippen molar-refractivity contribution in [2.45, 2.75) is 12.8 Å². The second-order valence-electron chi connectivity index (χ2n) is 4.46. The van der Waals surface area contributed by atoms with Crippen molar-refractivity contribution in [1.82, 2.24) is 0 Å². The molecular formula is C12H12FNO. The van der Waals surface area contributed by atoms with Crippen LogP contribution in [-0.2, 0) is 4.79 Å². The van der Waals surface area contributed by atoms with Crippen molar-refractivity contribution < 1.29 is 9.18 Å². The molecule has 0 aromatic heterocycles. The van der Waals surface area contributed by atoms with Gasteiger partial charge >= 0.3 is 0 Å². The van der Waals surface area contributed by atoms with Crippen LogP contribution in [-0.4, -0.2) is 12.5 Å². The van der Waals surface area contributed by atoms with Crippen molar-refractivity contribution in [2.75, 3.05) is 11.4 Å². The van der Waals surface area contributed by atoms with E-state index >= 15 is 0 Å². The SMILES string of the molecule is O=C1C2CC(C2)CN1c1ccc(F)cc1. The molecule has 1 amide bonds. The predicted molar refractivity (Wildman–Crippen MR) is 55.0 cm³/mol. The van der Waals surface area contributed by atoms with Gasteiger partial charge < -0.3 is 4.90 Å². The number of carbonyl (C=O) groups excluding carboxylic acids is 1. The van der Waals surface area contributed by atoms with E-state index in [0.717, 1.165) is 25.1 Å². The lowest BCUT2D eigenvalue weighted by Crippen LogP contribution is -2.53. The van der Waals surface area contributed by atoms with Gasteiger partial charge in [-0.05, 0) is 43.0 Å². The van der Waals surface area contributed by atoms with Gasteiger partial charge in [-0.25, -0.2) is 4.39 Å². The van der Waals surface area contributed by atoms with E-state index in [1.165, 1.54) is 12.1 Å². The van der Waals surface area contributed by atoms with Gasteiger partial charge in [0.2, 0.25) is 5.91 Å². The van der Waals surface area contributed by atoms with E-state index < -0.39 is 0 Å². The summed E-state index contributed by atoms with van der Waals surface area (Å²) in [4.78, 5) is 13.7. The molecule has 1 aromatic carbocycles. The van der Waals surface area contributed by atoms with Crippen LogP contribution < -0.4 is 4.90 Å². The minimum absolute atomic E-state index is 0.212. The fraction of sp³-hybridized carbons (Fsp3) is 0.417. The largest absolute Gasteiger partial charge is 0.312 e. The molecule has 2 bridgehead atoms. The molecule has 15 heavy (non-hydrogen) atoms. The van der Waals surface area contributed by atoms with Crippen LogP contribution in [0.5, 0.6) is 0 Å². The Morgan fingerprint density at radius 1 is 1.20 bits per heavy atom. The maximum atomic E-state index is 12.7. The van der Waals surface area contributed by atoms with Crippen LogP contribution in [0.15, 0.2) is 24.3 Å². The molecule has 1 aliphatic carbocycles. The topological polar surface area (TPSA) is 20.3 Å². The Hall–Kier alpha value is -1.38. The highest BCUT2D eigenvalue weighted by molar-refractivity contribution is 5.97. The maximum absolute atomic E-state index is 12.7. The zero-order valence-corrected chi connectivity index (χ0v) is 8.32. The Kier molecular flexibility index (Phi) is 1.81. The number of hydrogen-bond acceptors (Lipinski definition) is 1. The summed E-state index contributed by atoms with van der Waals surface area (Å²) >= 11 is 0. The molecule has 0 N–H and O–H groups in total. The molecule has 0 unspecified atom stereocenters. The Bertz CT molecular complexity index is 395. The summed E-state index contributed by atoms with van der Waals surface area (Å²) in [6.45, 7) is 0.807. The highest BCUT2D eigenvalue weighted by Gasteiger charge is 2.43. The lowest BCUT2D eigenvalue weighted by atomic mass is 9.70. The average Bonchev–Trinajstić information content (AvgIpc) is 2.18. The summed E-state index contributed by atoms with van der Waals surface area (Å²) in [5.41, 5.74) is 0.829. The van der Waals surface area contributed by atoms with E-state index in [-0.39, 0.29) is 17.6 Å². The van der Waals surface area contributed by atoms with Gasteiger partial charge in [-0.3, -0.25) is 4.79 Å². The average molecular weight is 205 g/mol. The van der Waals surface area contributed by atoms with Crippen molar-refractivity contribution in [3.05, 3.63) is 30.1 Å². The molecule has 3 aliphatic rings. The summed E-state index contributed by atoms with van der Waals surface area (Å²) in [5, 5.41) is 0. The molecule has 2 aliphatic heterocycles. The third-order valence-electron chi connectivity index (χ3n) is 3.43. The molecule has 0 spiro atoms. The van der Waals surface area contributed by atoms with Crippen LogP contribution in [0.25, 0.3) is 0 Å². The van der Waals surface area contributed by atoms with Gasteiger partial charge in [0.15, 0.2) is 0 Å². The molecule has 0 atom stereocenters. The monoisotopic (exact) mass is 205 g/mol. The first-order valence-electron chi connectivity index (χ1n) is 5.31. The zero-order valence-electron chi connectivity index (χ0n) is 8.32. The van der Waals surface area contributed by atoms with Crippen LogP contribution in [0.2, 0.25) is 0 Å². The van der Waals surface area contributed by atoms with E-state index in [0.29, 0.717) is 5.92 Å². The van der Waals surface area contributed by atoms with Crippen molar-refractivity contribution in [3.63, 3.8) is 0 Å². The number of anilines is 1. The highest BCUT2D eigenvalue weighted by Crippen LogP contribution is 2.41. The van der Waals surface area contributed by atoms with Crippen molar-refractivity contribution >= 4 is 11.6 Å². The van der Waals surface area contributed by atoms with Crippen LogP contribution in [0, 0.1) is 17.7 Å². The summed E-state index contributed by atoms with van der Waals surface area (Å²) in [5.74, 6) is 0.851. The maximum Gasteiger partial charge on any atom is 0.230 e. The lowest BCUT2D eigenvalue weighted by molar-refractivity contribution is -0.129. The molecule has 3 fully saturated rings. The van der Waals surface area contributed by atoms with E-state index in [2.05, 4.69) is 0 Å². The Morgan fingerprint density at radius 3 is 2.47 bits per heavy atom. The molecule has 2 nitrogen and oxygen atoms in total. The quantitative estimate of drug-likeness (QED) is 0.688. The Morgan fingerprint density at radius 2 is 1.87 bits per heavy atom. The third-order valence-corrected chi connectivity index (χ3v) is 3.43. The van der Waals surface area contributed by atoms with E-state index in [1.807, 2.05) is 0 Å². The van der Waals surface area contributed by atoms with Crippen molar-refractivity contribution in [2.24, 2.45) is 11.8 Å². The van der Waals surface area contributed by atoms with E-state index in [9.17, 15) is 9.18 Å². The molecule has 3 heteroatoms. The van der Waals surface area contributed by atoms with Gasteiger partial charge in [-0.1, -0.05) is 0 Å². The highest BCUT2D eigenvalue weighted by atomic mass is 19.1. The zero-order chi connectivity index (χ0) is 10.4. The standard InChI is InChI=1S/C12H12FNO/c13-10-1-3-11(4-2-10)14-7-8-5-9(6-8)12(14)15/h1-4,8-9H,5-7H2. The minimum Gasteiger partial charge on any atom is -0.312 e. The van der Waals surface area contributed by atoms with Gasteiger partial charge in [0.25, 0.3) is 0 Å². The number of halogens is 1. The molecule has 1 saturated carbocycles. The van der Waals surface area contributed by atoms with Gasteiger partial charge in [0.1, 0.15) is 5.82 Å². The molecule has 2 saturated heterocycles. The second-order valence-corrected chi connectivity index (χ2v) is 4.46. The second kappa shape index (κ2) is 3.05. The smallest absolute Gasteiger partial charge is 0.230 e. The Balaban J connectivity index is 1.88. The van der Waals surface area contributed by atoms with Crippen LogP contribution in [0.1, 0.15) is 12.8 Å². The van der Waals surface area contributed by atoms with Gasteiger partial charge in [0.05, 0.1) is 0 Å². The lowest BCUT2D eigenvalue weighted by Gasteiger charge is -2.46. The molecular weight excluding hydrogens is 193 g/mol. The summed E-state index contributed by atoms with van der Waals surface area (Å²) in [6, 6.07) is 6.17. The molecule has 1 aromatic rings. The van der Waals surface area contributed by atoms with Gasteiger partial charge in [-0.15, -0.1) is 0 Å². The number of nitrogens with zero attached hydrogens (tertiary/aromatic N) is 1. The van der Waals surface area contributed by atoms with Crippen molar-refractivity contribution in [1.29, 1.82) is 0 Å². The van der Waals surface area contributed by atoms with Crippen LogP contribution in [0.3, 0.4) is 0 Å². The molecule has 4 rings (SSSR count). The van der Waals surface area contributed by atoms with Crippen molar-refractivity contribution in [3.8, 4) is 0 Å². The van der Waals surface area contributed by atoms with E-state index in [4.69, 9.17) is 0 Å². The molecule has 2 heterocycles. The number of benzene rings is 1. The third kappa shape index (κ3) is 1.34. The number of rotatable bonds is 1. The summed E-state index contributed by atoms with van der Waals surface area (Å²) in [7, 11) is 0. The minimum atomic E-state index is -0.256. The molecule has 78 valence electrons. The van der Waals surface area contributed by atoms with E-state index in [1.54, 1.807) is 17.0 Å². The first kappa shape index (κ1) is 8.89. The first-order chi connectivity index (χ1) is 7.24. The number of hydrogen-bond donors (Lipinski definition) is 0. The fourth-order valence-corrected chi connectivity index (χ4v) is 2.51. The van der Waals surface area contributed by atoms with Gasteiger partial charge in [-0.2, -0.15) is 0 Å². The number of carbonyl (C=O) groups is 1. The Labute approximate surface area is 87.7 Å². The predicted octanol–water partition coefficient (Wildman–Crippen LogP) is 2.20.